The first kappa shape index (κ1) is 13.3. The lowest BCUT2D eigenvalue weighted by molar-refractivity contribution is 0.404. The summed E-state index contributed by atoms with van der Waals surface area (Å²) in [6.45, 7) is 4.00. The van der Waals surface area contributed by atoms with Crippen molar-refractivity contribution in [3.63, 3.8) is 0 Å². The molecule has 0 amide bonds. The standard InChI is InChI=1S/C16H18O3/c1-3-10-8-15(18)11(4-2)7-13(10)12-5-6-14(17)16(19)9-12/h5-9,17-19H,3-4H2,1-2H3. The van der Waals surface area contributed by atoms with Gasteiger partial charge in [-0.1, -0.05) is 19.9 Å². The fourth-order valence-electron chi connectivity index (χ4n) is 2.21. The second-order valence-corrected chi connectivity index (χ2v) is 4.55. The Bertz CT molecular complexity index is 603. The highest BCUT2D eigenvalue weighted by atomic mass is 16.3. The number of aryl methyl sites for hydroxylation is 2. The Balaban J connectivity index is 2.62. The van der Waals surface area contributed by atoms with Gasteiger partial charge in [-0.3, -0.25) is 0 Å². The minimum atomic E-state index is -0.134. The Hall–Kier alpha value is -2.16. The number of benzene rings is 2. The van der Waals surface area contributed by atoms with Crippen LogP contribution in [0.1, 0.15) is 25.0 Å². The molecule has 0 spiro atoms. The van der Waals surface area contributed by atoms with Crippen molar-refractivity contribution in [1.29, 1.82) is 0 Å². The van der Waals surface area contributed by atoms with Gasteiger partial charge >= 0.3 is 0 Å². The van der Waals surface area contributed by atoms with Gasteiger partial charge in [0, 0.05) is 0 Å². The van der Waals surface area contributed by atoms with Gasteiger partial charge < -0.3 is 15.3 Å². The van der Waals surface area contributed by atoms with E-state index in [4.69, 9.17) is 0 Å². The second kappa shape index (κ2) is 5.22. The van der Waals surface area contributed by atoms with Crippen LogP contribution in [0, 0.1) is 0 Å². The predicted octanol–water partition coefficient (Wildman–Crippen LogP) is 3.60. The molecule has 2 aromatic carbocycles. The van der Waals surface area contributed by atoms with Gasteiger partial charge in [0.1, 0.15) is 5.75 Å². The van der Waals surface area contributed by atoms with Crippen molar-refractivity contribution in [2.45, 2.75) is 26.7 Å². The van der Waals surface area contributed by atoms with Crippen LogP contribution in [0.3, 0.4) is 0 Å². The molecular weight excluding hydrogens is 240 g/mol. The zero-order valence-electron chi connectivity index (χ0n) is 11.1. The van der Waals surface area contributed by atoms with Gasteiger partial charge in [0.2, 0.25) is 0 Å². The molecular formula is C16H18O3. The number of phenolic OH excluding ortho intramolecular Hbond substituents is 3. The molecule has 3 N–H and O–H groups in total. The van der Waals surface area contributed by atoms with E-state index in [0.717, 1.165) is 35.1 Å². The molecule has 0 aromatic heterocycles. The van der Waals surface area contributed by atoms with Crippen molar-refractivity contribution in [2.24, 2.45) is 0 Å². The molecule has 0 bridgehead atoms. The van der Waals surface area contributed by atoms with E-state index in [1.807, 2.05) is 19.9 Å². The van der Waals surface area contributed by atoms with Crippen molar-refractivity contribution in [3.05, 3.63) is 41.5 Å². The lowest BCUT2D eigenvalue weighted by Gasteiger charge is -2.13. The van der Waals surface area contributed by atoms with Crippen molar-refractivity contribution in [2.75, 3.05) is 0 Å². The largest absolute Gasteiger partial charge is 0.508 e. The van der Waals surface area contributed by atoms with E-state index in [9.17, 15) is 15.3 Å². The van der Waals surface area contributed by atoms with Crippen molar-refractivity contribution >= 4 is 0 Å². The number of rotatable bonds is 3. The lowest BCUT2D eigenvalue weighted by Crippen LogP contribution is -1.92. The zero-order valence-corrected chi connectivity index (χ0v) is 11.1. The highest BCUT2D eigenvalue weighted by Gasteiger charge is 2.11. The molecule has 0 fully saturated rings. The van der Waals surface area contributed by atoms with E-state index in [1.54, 1.807) is 18.2 Å². The highest BCUT2D eigenvalue weighted by Crippen LogP contribution is 2.35. The zero-order chi connectivity index (χ0) is 14.0. The average molecular weight is 258 g/mol. The summed E-state index contributed by atoms with van der Waals surface area (Å²) < 4.78 is 0. The summed E-state index contributed by atoms with van der Waals surface area (Å²) in [5, 5.41) is 28.9. The number of hydrogen-bond donors (Lipinski definition) is 3. The van der Waals surface area contributed by atoms with E-state index >= 15 is 0 Å². The summed E-state index contributed by atoms with van der Waals surface area (Å²) in [4.78, 5) is 0. The number of phenols is 3. The average Bonchev–Trinajstić information content (AvgIpc) is 2.41. The van der Waals surface area contributed by atoms with Gasteiger partial charge in [0.05, 0.1) is 0 Å². The molecule has 0 heterocycles. The van der Waals surface area contributed by atoms with Crippen LogP contribution in [0.25, 0.3) is 11.1 Å². The molecule has 100 valence electrons. The maximum Gasteiger partial charge on any atom is 0.158 e. The summed E-state index contributed by atoms with van der Waals surface area (Å²) in [7, 11) is 0. The van der Waals surface area contributed by atoms with Gasteiger partial charge in [-0.25, -0.2) is 0 Å². The van der Waals surface area contributed by atoms with Crippen LogP contribution in [0.15, 0.2) is 30.3 Å². The topological polar surface area (TPSA) is 60.7 Å². The highest BCUT2D eigenvalue weighted by molar-refractivity contribution is 5.72. The summed E-state index contributed by atoms with van der Waals surface area (Å²) >= 11 is 0. The number of hydrogen-bond acceptors (Lipinski definition) is 3. The molecule has 19 heavy (non-hydrogen) atoms. The summed E-state index contributed by atoms with van der Waals surface area (Å²) in [6.07, 6.45) is 1.53. The van der Waals surface area contributed by atoms with Gasteiger partial charge in [0.15, 0.2) is 11.5 Å². The SMILES string of the molecule is CCc1cc(-c2ccc(O)c(O)c2)c(CC)cc1O. The smallest absolute Gasteiger partial charge is 0.158 e. The van der Waals surface area contributed by atoms with Crippen LogP contribution < -0.4 is 0 Å². The third-order valence-corrected chi connectivity index (χ3v) is 3.35. The molecule has 0 aliphatic heterocycles. The van der Waals surface area contributed by atoms with Crippen LogP contribution in [0.4, 0.5) is 0 Å². The maximum absolute atomic E-state index is 9.90. The first-order chi connectivity index (χ1) is 9.06. The molecule has 0 aliphatic carbocycles. The van der Waals surface area contributed by atoms with Gasteiger partial charge in [-0.05, 0) is 59.4 Å². The molecule has 3 nitrogen and oxygen atoms in total. The molecule has 0 saturated heterocycles. The minimum Gasteiger partial charge on any atom is -0.508 e. The number of aromatic hydroxyl groups is 3. The molecule has 2 rings (SSSR count). The van der Waals surface area contributed by atoms with Crippen LogP contribution in [0.5, 0.6) is 17.2 Å². The predicted molar refractivity (Wildman–Crippen MR) is 75.6 cm³/mol. The summed E-state index contributed by atoms with van der Waals surface area (Å²) in [5.74, 6) is 0.0491. The molecule has 0 atom stereocenters. The summed E-state index contributed by atoms with van der Waals surface area (Å²) in [6, 6.07) is 8.50. The Morgan fingerprint density at radius 2 is 1.42 bits per heavy atom. The van der Waals surface area contributed by atoms with Crippen LogP contribution in [0.2, 0.25) is 0 Å². The monoisotopic (exact) mass is 258 g/mol. The molecule has 0 saturated carbocycles. The Kier molecular flexibility index (Phi) is 3.65. The lowest BCUT2D eigenvalue weighted by atomic mass is 9.94. The second-order valence-electron chi connectivity index (χ2n) is 4.55. The quantitative estimate of drug-likeness (QED) is 0.737. The molecule has 0 radical (unpaired) electrons. The van der Waals surface area contributed by atoms with Crippen LogP contribution >= 0.6 is 0 Å². The Morgan fingerprint density at radius 3 is 2.00 bits per heavy atom. The minimum absolute atomic E-state index is 0.128. The van der Waals surface area contributed by atoms with E-state index in [2.05, 4.69) is 0 Å². The summed E-state index contributed by atoms with van der Waals surface area (Å²) in [5.41, 5.74) is 3.70. The first-order valence-corrected chi connectivity index (χ1v) is 6.43. The Morgan fingerprint density at radius 1 is 0.737 bits per heavy atom. The fourth-order valence-corrected chi connectivity index (χ4v) is 2.21. The third-order valence-electron chi connectivity index (χ3n) is 3.35. The molecule has 0 unspecified atom stereocenters. The molecule has 0 aliphatic rings. The van der Waals surface area contributed by atoms with Gasteiger partial charge in [0.25, 0.3) is 0 Å². The maximum atomic E-state index is 9.90. The Labute approximate surface area is 112 Å². The van der Waals surface area contributed by atoms with E-state index < -0.39 is 0 Å². The van der Waals surface area contributed by atoms with Gasteiger partial charge in [-0.2, -0.15) is 0 Å². The first-order valence-electron chi connectivity index (χ1n) is 6.43. The van der Waals surface area contributed by atoms with E-state index in [1.165, 1.54) is 6.07 Å². The van der Waals surface area contributed by atoms with Crippen molar-refractivity contribution in [3.8, 4) is 28.4 Å². The van der Waals surface area contributed by atoms with Crippen LogP contribution in [-0.2, 0) is 12.8 Å². The van der Waals surface area contributed by atoms with Crippen LogP contribution in [-0.4, -0.2) is 15.3 Å². The van der Waals surface area contributed by atoms with E-state index in [-0.39, 0.29) is 11.5 Å². The molecule has 2 aromatic rings. The fraction of sp³-hybridized carbons (Fsp3) is 0.250. The molecule has 3 heteroatoms. The third kappa shape index (κ3) is 2.50. The van der Waals surface area contributed by atoms with E-state index in [0.29, 0.717) is 5.75 Å². The van der Waals surface area contributed by atoms with Gasteiger partial charge in [-0.15, -0.1) is 0 Å². The van der Waals surface area contributed by atoms with Crippen molar-refractivity contribution in [1.82, 2.24) is 0 Å². The van der Waals surface area contributed by atoms with Crippen molar-refractivity contribution < 1.29 is 15.3 Å². The normalized spacial score (nSPS) is 10.6.